The van der Waals surface area contributed by atoms with Gasteiger partial charge in [0.1, 0.15) is 0 Å². The maximum Gasteiger partial charge on any atom is 0.0835 e. The van der Waals surface area contributed by atoms with E-state index in [1.54, 1.807) is 0 Å². The van der Waals surface area contributed by atoms with Gasteiger partial charge in [0.15, 0.2) is 0 Å². The molecule has 112 valence electrons. The number of aryl methyl sites for hydroxylation is 2. The van der Waals surface area contributed by atoms with Crippen molar-refractivity contribution in [2.75, 3.05) is 0 Å². The van der Waals surface area contributed by atoms with E-state index in [1.165, 1.54) is 22.3 Å². The van der Waals surface area contributed by atoms with Crippen LogP contribution in [0.1, 0.15) is 60.4 Å². The second-order valence-electron chi connectivity index (χ2n) is 6.64. The fourth-order valence-electron chi connectivity index (χ4n) is 2.66. The number of benzene rings is 2. The smallest absolute Gasteiger partial charge is 0.0835 e. The summed E-state index contributed by atoms with van der Waals surface area (Å²) in [6, 6.07) is 15.3. The van der Waals surface area contributed by atoms with E-state index in [1.807, 2.05) is 0 Å². The van der Waals surface area contributed by atoms with Crippen LogP contribution in [0.2, 0.25) is 0 Å². The van der Waals surface area contributed by atoms with E-state index in [0.717, 1.165) is 12.0 Å². The van der Waals surface area contributed by atoms with Crippen molar-refractivity contribution in [3.63, 3.8) is 0 Å². The lowest BCUT2D eigenvalue weighted by molar-refractivity contribution is 0.506. The molecule has 0 spiro atoms. The Bertz CT molecular complexity index is 588. The summed E-state index contributed by atoms with van der Waals surface area (Å²) in [4.78, 5) is 0. The van der Waals surface area contributed by atoms with Crippen LogP contribution >= 0.6 is 11.6 Å². The first-order valence-electron chi connectivity index (χ1n) is 7.66. The van der Waals surface area contributed by atoms with Crippen LogP contribution in [0.25, 0.3) is 0 Å². The SMILES string of the molecule is CCC(C)(C)c1ccc(C(Cl)c2cc(C)cc(C)c2)cc1. The minimum Gasteiger partial charge on any atom is -0.113 e. The van der Waals surface area contributed by atoms with Crippen LogP contribution in [0.15, 0.2) is 42.5 Å². The maximum atomic E-state index is 6.68. The van der Waals surface area contributed by atoms with Crippen LogP contribution in [-0.2, 0) is 5.41 Å². The van der Waals surface area contributed by atoms with Gasteiger partial charge in [-0.2, -0.15) is 0 Å². The predicted molar refractivity (Wildman–Crippen MR) is 93.4 cm³/mol. The lowest BCUT2D eigenvalue weighted by atomic mass is 9.82. The lowest BCUT2D eigenvalue weighted by Crippen LogP contribution is -2.15. The van der Waals surface area contributed by atoms with E-state index in [0.29, 0.717) is 0 Å². The van der Waals surface area contributed by atoms with Crippen LogP contribution in [-0.4, -0.2) is 0 Å². The average molecular weight is 301 g/mol. The third kappa shape index (κ3) is 3.68. The molecule has 0 N–H and O–H groups in total. The van der Waals surface area contributed by atoms with Gasteiger partial charge in [0.25, 0.3) is 0 Å². The molecule has 1 heteroatoms. The molecule has 0 aromatic heterocycles. The zero-order chi connectivity index (χ0) is 15.6. The number of alkyl halides is 1. The third-order valence-electron chi connectivity index (χ3n) is 4.41. The summed E-state index contributed by atoms with van der Waals surface area (Å²) >= 11 is 6.68. The molecule has 2 rings (SSSR count). The minimum absolute atomic E-state index is 0.0811. The zero-order valence-electron chi connectivity index (χ0n) is 13.7. The van der Waals surface area contributed by atoms with E-state index < -0.39 is 0 Å². The van der Waals surface area contributed by atoms with Gasteiger partial charge in [-0.1, -0.05) is 74.4 Å². The second kappa shape index (κ2) is 6.23. The molecule has 1 unspecified atom stereocenters. The van der Waals surface area contributed by atoms with E-state index in [4.69, 9.17) is 11.6 Å². The molecule has 0 fully saturated rings. The van der Waals surface area contributed by atoms with Crippen molar-refractivity contribution in [2.45, 2.75) is 51.8 Å². The van der Waals surface area contributed by atoms with E-state index in [2.05, 4.69) is 77.1 Å². The highest BCUT2D eigenvalue weighted by molar-refractivity contribution is 6.22. The Morgan fingerprint density at radius 2 is 1.43 bits per heavy atom. The van der Waals surface area contributed by atoms with Gasteiger partial charge in [-0.25, -0.2) is 0 Å². The summed E-state index contributed by atoms with van der Waals surface area (Å²) in [6.45, 7) is 11.0. The highest BCUT2D eigenvalue weighted by atomic mass is 35.5. The van der Waals surface area contributed by atoms with Gasteiger partial charge in [-0.3, -0.25) is 0 Å². The fraction of sp³-hybridized carbons (Fsp3) is 0.400. The number of hydrogen-bond donors (Lipinski definition) is 0. The van der Waals surface area contributed by atoms with E-state index in [-0.39, 0.29) is 10.8 Å². The summed E-state index contributed by atoms with van der Waals surface area (Å²) in [6.07, 6.45) is 1.13. The molecule has 0 bridgehead atoms. The summed E-state index contributed by atoms with van der Waals surface area (Å²) in [5.41, 5.74) is 6.46. The first-order valence-corrected chi connectivity index (χ1v) is 8.10. The number of hydrogen-bond acceptors (Lipinski definition) is 0. The molecule has 2 aromatic carbocycles. The van der Waals surface area contributed by atoms with Gasteiger partial charge >= 0.3 is 0 Å². The first kappa shape index (κ1) is 16.1. The Labute approximate surface area is 134 Å². The zero-order valence-corrected chi connectivity index (χ0v) is 14.5. The van der Waals surface area contributed by atoms with Gasteiger partial charge in [0.2, 0.25) is 0 Å². The molecular formula is C20H25Cl. The monoisotopic (exact) mass is 300 g/mol. The van der Waals surface area contributed by atoms with Crippen molar-refractivity contribution >= 4 is 11.6 Å². The Morgan fingerprint density at radius 1 is 0.905 bits per heavy atom. The van der Waals surface area contributed by atoms with Crippen LogP contribution in [0.3, 0.4) is 0 Å². The predicted octanol–water partition coefficient (Wildman–Crippen LogP) is 6.32. The largest absolute Gasteiger partial charge is 0.113 e. The van der Waals surface area contributed by atoms with Crippen molar-refractivity contribution < 1.29 is 0 Å². The Kier molecular flexibility index (Phi) is 4.78. The van der Waals surface area contributed by atoms with Gasteiger partial charge in [0.05, 0.1) is 5.38 Å². The van der Waals surface area contributed by atoms with Crippen LogP contribution in [0.4, 0.5) is 0 Å². The van der Waals surface area contributed by atoms with Crippen molar-refractivity contribution in [1.29, 1.82) is 0 Å². The molecule has 0 heterocycles. The van der Waals surface area contributed by atoms with E-state index >= 15 is 0 Å². The molecule has 2 aromatic rings. The minimum atomic E-state index is -0.0811. The lowest BCUT2D eigenvalue weighted by Gasteiger charge is -2.24. The molecule has 0 radical (unpaired) electrons. The van der Waals surface area contributed by atoms with Gasteiger partial charge in [-0.05, 0) is 42.4 Å². The highest BCUT2D eigenvalue weighted by Gasteiger charge is 2.18. The highest BCUT2D eigenvalue weighted by Crippen LogP contribution is 2.32. The number of rotatable bonds is 4. The van der Waals surface area contributed by atoms with Gasteiger partial charge in [-0.15, -0.1) is 11.6 Å². The molecule has 21 heavy (non-hydrogen) atoms. The summed E-state index contributed by atoms with van der Waals surface area (Å²) in [5, 5.41) is -0.0811. The molecule has 0 aliphatic heterocycles. The molecular weight excluding hydrogens is 276 g/mol. The summed E-state index contributed by atoms with van der Waals surface area (Å²) < 4.78 is 0. The fourth-order valence-corrected chi connectivity index (χ4v) is 2.93. The van der Waals surface area contributed by atoms with Crippen molar-refractivity contribution in [1.82, 2.24) is 0 Å². The Hall–Kier alpha value is -1.27. The molecule has 0 nitrogen and oxygen atoms in total. The van der Waals surface area contributed by atoms with Gasteiger partial charge in [0, 0.05) is 0 Å². The van der Waals surface area contributed by atoms with E-state index in [9.17, 15) is 0 Å². The Balaban J connectivity index is 2.30. The van der Waals surface area contributed by atoms with Gasteiger partial charge < -0.3 is 0 Å². The average Bonchev–Trinajstić information content (AvgIpc) is 2.45. The second-order valence-corrected chi connectivity index (χ2v) is 7.08. The standard InChI is InChI=1S/C20H25Cl/c1-6-20(4,5)18-9-7-16(8-10-18)19(21)17-12-14(2)11-15(3)13-17/h7-13,19H,6H2,1-5H3. The van der Waals surface area contributed by atoms with Crippen LogP contribution < -0.4 is 0 Å². The maximum absolute atomic E-state index is 6.68. The summed E-state index contributed by atoms with van der Waals surface area (Å²) in [5.74, 6) is 0. The first-order chi connectivity index (χ1) is 9.83. The third-order valence-corrected chi connectivity index (χ3v) is 4.91. The van der Waals surface area contributed by atoms with Crippen LogP contribution in [0.5, 0.6) is 0 Å². The number of halogens is 1. The molecule has 0 saturated carbocycles. The molecule has 0 saturated heterocycles. The van der Waals surface area contributed by atoms with Crippen molar-refractivity contribution in [3.8, 4) is 0 Å². The molecule has 0 aliphatic carbocycles. The molecule has 1 atom stereocenters. The molecule has 0 amide bonds. The quantitative estimate of drug-likeness (QED) is 0.580. The van der Waals surface area contributed by atoms with Crippen molar-refractivity contribution in [2.24, 2.45) is 0 Å². The van der Waals surface area contributed by atoms with Crippen LogP contribution in [0, 0.1) is 13.8 Å². The van der Waals surface area contributed by atoms with Crippen molar-refractivity contribution in [3.05, 3.63) is 70.3 Å². The Morgan fingerprint density at radius 3 is 1.90 bits per heavy atom. The normalized spacial score (nSPS) is 13.2. The topological polar surface area (TPSA) is 0 Å². The molecule has 0 aliphatic rings. The summed E-state index contributed by atoms with van der Waals surface area (Å²) in [7, 11) is 0.